The first-order chi connectivity index (χ1) is 8.86. The van der Waals surface area contributed by atoms with Crippen LogP contribution in [0.1, 0.15) is 21.7 Å². The Morgan fingerprint density at radius 1 is 1.39 bits per heavy atom. The van der Waals surface area contributed by atoms with Gasteiger partial charge in [0.25, 0.3) is 0 Å². The van der Waals surface area contributed by atoms with E-state index in [0.29, 0.717) is 0 Å². The molecule has 0 fully saturated rings. The molecule has 0 saturated carbocycles. The third-order valence-electron chi connectivity index (χ3n) is 2.99. The summed E-state index contributed by atoms with van der Waals surface area (Å²) in [6.45, 7) is 0.931. The molecule has 1 aliphatic heterocycles. The van der Waals surface area contributed by atoms with Gasteiger partial charge in [-0.05, 0) is 18.7 Å². The highest BCUT2D eigenvalue weighted by Crippen LogP contribution is 2.37. The number of aromatic nitrogens is 2. The minimum absolute atomic E-state index is 0.0447. The summed E-state index contributed by atoms with van der Waals surface area (Å²) in [6, 6.07) is 8.17. The number of rotatable bonds is 4. The van der Waals surface area contributed by atoms with E-state index in [1.165, 1.54) is 5.56 Å². The number of nitrogens with zero attached hydrogens (tertiary/aromatic N) is 2. The van der Waals surface area contributed by atoms with Crippen LogP contribution in [0.2, 0.25) is 0 Å². The average molecular weight is 261 g/mol. The molecule has 1 unspecified atom stereocenters. The molecule has 18 heavy (non-hydrogen) atoms. The molecule has 2 heterocycles. The average Bonchev–Trinajstić information content (AvgIpc) is 3.02. The molecule has 0 radical (unpaired) electrons. The third-order valence-corrected chi connectivity index (χ3v) is 4.07. The lowest BCUT2D eigenvalue weighted by atomic mass is 10.1. The summed E-state index contributed by atoms with van der Waals surface area (Å²) in [4.78, 5) is 0. The van der Waals surface area contributed by atoms with Gasteiger partial charge in [0.15, 0.2) is 11.1 Å². The number of nitrogens with one attached hydrogen (secondary N) is 1. The van der Waals surface area contributed by atoms with Gasteiger partial charge in [-0.15, -0.1) is 10.2 Å². The molecule has 0 saturated heterocycles. The summed E-state index contributed by atoms with van der Waals surface area (Å²) in [7, 11) is 1.94. The number of hydrogen-bond donors (Lipinski definition) is 1. The predicted molar refractivity (Wildman–Crippen MR) is 71.1 cm³/mol. The van der Waals surface area contributed by atoms with E-state index in [-0.39, 0.29) is 6.10 Å². The number of hydrogen-bond acceptors (Lipinski definition) is 5. The SMILES string of the molecule is CNCCc1nnc(C2Cc3ccccc3O2)s1. The van der Waals surface area contributed by atoms with Crippen LogP contribution in [0.3, 0.4) is 0 Å². The molecule has 0 aliphatic carbocycles. The van der Waals surface area contributed by atoms with Crippen molar-refractivity contribution in [1.82, 2.24) is 15.5 Å². The van der Waals surface area contributed by atoms with Crippen molar-refractivity contribution in [3.63, 3.8) is 0 Å². The second-order valence-corrected chi connectivity index (χ2v) is 5.40. The summed E-state index contributed by atoms with van der Waals surface area (Å²) in [5.41, 5.74) is 1.26. The Kier molecular flexibility index (Phi) is 3.25. The summed E-state index contributed by atoms with van der Waals surface area (Å²) in [5, 5.41) is 13.6. The highest BCUT2D eigenvalue weighted by molar-refractivity contribution is 7.11. The van der Waals surface area contributed by atoms with Crippen LogP contribution in [0.15, 0.2) is 24.3 Å². The van der Waals surface area contributed by atoms with Gasteiger partial charge < -0.3 is 10.1 Å². The molecule has 1 N–H and O–H groups in total. The van der Waals surface area contributed by atoms with Crippen molar-refractivity contribution < 1.29 is 4.74 Å². The van der Waals surface area contributed by atoms with Crippen molar-refractivity contribution >= 4 is 11.3 Å². The van der Waals surface area contributed by atoms with Crippen molar-refractivity contribution in [3.05, 3.63) is 39.8 Å². The normalized spacial score (nSPS) is 17.5. The Morgan fingerprint density at radius 3 is 3.11 bits per heavy atom. The second-order valence-electron chi connectivity index (χ2n) is 4.31. The fraction of sp³-hybridized carbons (Fsp3) is 0.385. The quantitative estimate of drug-likeness (QED) is 0.914. The molecule has 0 amide bonds. The van der Waals surface area contributed by atoms with Crippen molar-refractivity contribution in [2.75, 3.05) is 13.6 Å². The predicted octanol–water partition coefficient (Wildman–Crippen LogP) is 1.98. The van der Waals surface area contributed by atoms with Gasteiger partial charge in [-0.3, -0.25) is 0 Å². The summed E-state index contributed by atoms with van der Waals surface area (Å²) in [5.74, 6) is 0.981. The molecule has 1 aromatic heterocycles. The van der Waals surface area contributed by atoms with E-state index >= 15 is 0 Å². The molecule has 4 nitrogen and oxygen atoms in total. The van der Waals surface area contributed by atoms with Gasteiger partial charge in [0.2, 0.25) is 0 Å². The van der Waals surface area contributed by atoms with Gasteiger partial charge >= 0.3 is 0 Å². The Labute approximate surface area is 110 Å². The van der Waals surface area contributed by atoms with Crippen LogP contribution in [-0.2, 0) is 12.8 Å². The van der Waals surface area contributed by atoms with E-state index in [2.05, 4.69) is 21.6 Å². The van der Waals surface area contributed by atoms with Crippen LogP contribution >= 0.6 is 11.3 Å². The van der Waals surface area contributed by atoms with Gasteiger partial charge in [0.05, 0.1) is 0 Å². The van der Waals surface area contributed by atoms with Crippen LogP contribution in [-0.4, -0.2) is 23.8 Å². The van der Waals surface area contributed by atoms with Gasteiger partial charge in [0, 0.05) is 19.4 Å². The Balaban J connectivity index is 1.72. The zero-order chi connectivity index (χ0) is 12.4. The standard InChI is InChI=1S/C13H15N3OS/c1-14-7-6-12-15-16-13(18-12)11-8-9-4-2-3-5-10(9)17-11/h2-5,11,14H,6-8H2,1H3. The minimum Gasteiger partial charge on any atom is -0.483 e. The lowest BCUT2D eigenvalue weighted by Crippen LogP contribution is -2.09. The molecule has 3 rings (SSSR count). The first-order valence-corrected chi connectivity index (χ1v) is 6.90. The van der Waals surface area contributed by atoms with E-state index in [9.17, 15) is 0 Å². The topological polar surface area (TPSA) is 47.0 Å². The summed E-state index contributed by atoms with van der Waals surface area (Å²) in [6.07, 6.45) is 1.87. The van der Waals surface area contributed by atoms with Gasteiger partial charge in [-0.1, -0.05) is 29.5 Å². The molecule has 0 spiro atoms. The number of likely N-dealkylation sites (N-methyl/N-ethyl adjacent to an activating group) is 1. The molecule has 5 heteroatoms. The van der Waals surface area contributed by atoms with Crippen LogP contribution in [0, 0.1) is 0 Å². The van der Waals surface area contributed by atoms with Crippen molar-refractivity contribution in [3.8, 4) is 5.75 Å². The summed E-state index contributed by atoms with van der Waals surface area (Å²) < 4.78 is 5.90. The van der Waals surface area contributed by atoms with Crippen LogP contribution in [0.4, 0.5) is 0 Å². The first-order valence-electron chi connectivity index (χ1n) is 6.08. The Hall–Kier alpha value is -1.46. The number of ether oxygens (including phenoxy) is 1. The largest absolute Gasteiger partial charge is 0.483 e. The van der Waals surface area contributed by atoms with E-state index in [1.54, 1.807) is 11.3 Å². The van der Waals surface area contributed by atoms with Crippen molar-refractivity contribution in [2.24, 2.45) is 0 Å². The summed E-state index contributed by atoms with van der Waals surface area (Å²) >= 11 is 1.65. The number of benzene rings is 1. The zero-order valence-electron chi connectivity index (χ0n) is 10.2. The fourth-order valence-electron chi connectivity index (χ4n) is 2.05. The smallest absolute Gasteiger partial charge is 0.158 e. The molecule has 2 aromatic rings. The van der Waals surface area contributed by atoms with E-state index < -0.39 is 0 Å². The van der Waals surface area contributed by atoms with Gasteiger partial charge in [0.1, 0.15) is 10.8 Å². The van der Waals surface area contributed by atoms with E-state index in [1.807, 2.05) is 25.2 Å². The number of fused-ring (bicyclic) bond motifs is 1. The lowest BCUT2D eigenvalue weighted by Gasteiger charge is -2.05. The number of para-hydroxylation sites is 1. The monoisotopic (exact) mass is 261 g/mol. The Bertz CT molecular complexity index is 516. The van der Waals surface area contributed by atoms with Crippen LogP contribution in [0.5, 0.6) is 5.75 Å². The maximum Gasteiger partial charge on any atom is 0.158 e. The van der Waals surface area contributed by atoms with E-state index in [4.69, 9.17) is 4.74 Å². The second kappa shape index (κ2) is 5.04. The maximum atomic E-state index is 5.90. The highest BCUT2D eigenvalue weighted by atomic mass is 32.1. The molecule has 1 aromatic carbocycles. The van der Waals surface area contributed by atoms with Crippen molar-refractivity contribution in [2.45, 2.75) is 18.9 Å². The van der Waals surface area contributed by atoms with E-state index in [0.717, 1.165) is 35.2 Å². The van der Waals surface area contributed by atoms with Crippen molar-refractivity contribution in [1.29, 1.82) is 0 Å². The van der Waals surface area contributed by atoms with Gasteiger partial charge in [-0.2, -0.15) is 0 Å². The van der Waals surface area contributed by atoms with Gasteiger partial charge in [-0.25, -0.2) is 0 Å². The molecule has 1 aliphatic rings. The van der Waals surface area contributed by atoms with Crippen LogP contribution < -0.4 is 10.1 Å². The Morgan fingerprint density at radius 2 is 2.28 bits per heavy atom. The lowest BCUT2D eigenvalue weighted by molar-refractivity contribution is 0.237. The van der Waals surface area contributed by atoms with Crippen LogP contribution in [0.25, 0.3) is 0 Å². The first kappa shape index (κ1) is 11.6. The third kappa shape index (κ3) is 2.23. The molecular formula is C13H15N3OS. The molecular weight excluding hydrogens is 246 g/mol. The zero-order valence-corrected chi connectivity index (χ0v) is 11.0. The fourth-order valence-corrected chi connectivity index (χ4v) is 2.92. The highest BCUT2D eigenvalue weighted by Gasteiger charge is 2.26. The maximum absolute atomic E-state index is 5.90. The minimum atomic E-state index is 0.0447. The molecule has 94 valence electrons. The molecule has 1 atom stereocenters. The molecule has 0 bridgehead atoms.